The van der Waals surface area contributed by atoms with E-state index in [-0.39, 0.29) is 6.09 Å². The van der Waals surface area contributed by atoms with Crippen LogP contribution in [0.5, 0.6) is 0 Å². The normalized spacial score (nSPS) is 22.9. The Morgan fingerprint density at radius 1 is 1.35 bits per heavy atom. The molecule has 0 radical (unpaired) electrons. The van der Waals surface area contributed by atoms with E-state index in [1.165, 1.54) is 25.7 Å². The van der Waals surface area contributed by atoms with Gasteiger partial charge in [0.05, 0.1) is 0 Å². The number of carbonyl (C=O) groups excluding carboxylic acids is 1. The summed E-state index contributed by atoms with van der Waals surface area (Å²) in [5.41, 5.74) is -0.415. The fourth-order valence-electron chi connectivity index (χ4n) is 2.83. The lowest BCUT2D eigenvalue weighted by atomic mass is 10.0. The van der Waals surface area contributed by atoms with Crippen molar-refractivity contribution < 1.29 is 9.53 Å². The Labute approximate surface area is 124 Å². The van der Waals surface area contributed by atoms with Crippen LogP contribution in [0.1, 0.15) is 59.8 Å². The summed E-state index contributed by atoms with van der Waals surface area (Å²) in [7, 11) is 1.80. The van der Waals surface area contributed by atoms with Gasteiger partial charge in [0.15, 0.2) is 0 Å². The zero-order chi connectivity index (χ0) is 15.2. The zero-order valence-electron chi connectivity index (χ0n) is 13.9. The van der Waals surface area contributed by atoms with Crippen molar-refractivity contribution in [1.29, 1.82) is 0 Å². The van der Waals surface area contributed by atoms with Crippen molar-refractivity contribution in [2.75, 3.05) is 20.1 Å². The smallest absolute Gasteiger partial charge is 0.410 e. The molecule has 1 rings (SSSR count). The predicted molar refractivity (Wildman–Crippen MR) is 82.9 cm³/mol. The van der Waals surface area contributed by atoms with Crippen molar-refractivity contribution in [2.45, 2.75) is 71.4 Å². The summed E-state index contributed by atoms with van der Waals surface area (Å²) in [4.78, 5) is 13.5. The number of hydrogen-bond donors (Lipinski definition) is 1. The number of ether oxygens (including phenoxy) is 1. The molecule has 0 aromatic rings. The van der Waals surface area contributed by atoms with Gasteiger partial charge in [-0.05, 0) is 52.5 Å². The minimum atomic E-state index is -0.415. The Balaban J connectivity index is 2.16. The van der Waals surface area contributed by atoms with Gasteiger partial charge in [0, 0.05) is 19.6 Å². The highest BCUT2D eigenvalue weighted by Gasteiger charge is 2.25. The van der Waals surface area contributed by atoms with Crippen molar-refractivity contribution in [3.05, 3.63) is 0 Å². The summed E-state index contributed by atoms with van der Waals surface area (Å²) in [5.74, 6) is 0.846. The average molecular weight is 284 g/mol. The van der Waals surface area contributed by atoms with Crippen LogP contribution < -0.4 is 5.32 Å². The lowest BCUT2D eigenvalue weighted by Gasteiger charge is -2.25. The quantitative estimate of drug-likeness (QED) is 0.760. The van der Waals surface area contributed by atoms with E-state index in [4.69, 9.17) is 4.74 Å². The standard InChI is InChI=1S/C16H32N2O2/c1-6-13-9-7-10-14(13)17-11-8-12-18(5)15(19)20-16(2,3)4/h13-14,17H,6-12H2,1-5H3. The third-order valence-corrected chi connectivity index (χ3v) is 3.97. The summed E-state index contributed by atoms with van der Waals surface area (Å²) in [6.07, 6.45) is 6.04. The van der Waals surface area contributed by atoms with Crippen LogP contribution in [-0.4, -0.2) is 42.8 Å². The molecule has 118 valence electrons. The van der Waals surface area contributed by atoms with Gasteiger partial charge in [0.25, 0.3) is 0 Å². The number of amides is 1. The summed E-state index contributed by atoms with van der Waals surface area (Å²) in [6.45, 7) is 9.68. The molecule has 1 fully saturated rings. The number of carbonyl (C=O) groups is 1. The van der Waals surface area contributed by atoms with E-state index in [0.29, 0.717) is 6.04 Å². The Morgan fingerprint density at radius 3 is 2.65 bits per heavy atom. The van der Waals surface area contributed by atoms with Crippen LogP contribution in [0.15, 0.2) is 0 Å². The molecule has 1 aliphatic rings. The van der Waals surface area contributed by atoms with E-state index < -0.39 is 5.60 Å². The summed E-state index contributed by atoms with van der Waals surface area (Å²) >= 11 is 0. The molecule has 1 saturated carbocycles. The summed E-state index contributed by atoms with van der Waals surface area (Å²) in [6, 6.07) is 0.687. The molecule has 4 heteroatoms. The van der Waals surface area contributed by atoms with E-state index in [9.17, 15) is 4.79 Å². The zero-order valence-corrected chi connectivity index (χ0v) is 13.9. The van der Waals surface area contributed by atoms with Crippen molar-refractivity contribution in [3.63, 3.8) is 0 Å². The number of nitrogens with one attached hydrogen (secondary N) is 1. The first-order valence-corrected chi connectivity index (χ1v) is 8.01. The van der Waals surface area contributed by atoms with Crippen LogP contribution in [0.3, 0.4) is 0 Å². The molecular weight excluding hydrogens is 252 g/mol. The van der Waals surface area contributed by atoms with Crippen LogP contribution in [0.2, 0.25) is 0 Å². The SMILES string of the molecule is CCC1CCCC1NCCCN(C)C(=O)OC(C)(C)C. The van der Waals surface area contributed by atoms with Crippen molar-refractivity contribution >= 4 is 6.09 Å². The first-order chi connectivity index (χ1) is 9.33. The second kappa shape index (κ2) is 7.87. The highest BCUT2D eigenvalue weighted by atomic mass is 16.6. The minimum Gasteiger partial charge on any atom is -0.444 e. The van der Waals surface area contributed by atoms with Gasteiger partial charge in [-0.3, -0.25) is 0 Å². The molecule has 0 bridgehead atoms. The molecule has 20 heavy (non-hydrogen) atoms. The fourth-order valence-corrected chi connectivity index (χ4v) is 2.83. The van der Waals surface area contributed by atoms with Crippen LogP contribution in [0, 0.1) is 5.92 Å². The molecule has 0 heterocycles. The first-order valence-electron chi connectivity index (χ1n) is 8.01. The maximum Gasteiger partial charge on any atom is 0.410 e. The second-order valence-electron chi connectivity index (χ2n) is 6.92. The molecule has 1 amide bonds. The van der Waals surface area contributed by atoms with E-state index in [0.717, 1.165) is 25.4 Å². The molecular formula is C16H32N2O2. The molecule has 4 nitrogen and oxygen atoms in total. The van der Waals surface area contributed by atoms with Gasteiger partial charge in [-0.25, -0.2) is 4.79 Å². The molecule has 2 unspecified atom stereocenters. The molecule has 0 saturated heterocycles. The summed E-state index contributed by atoms with van der Waals surface area (Å²) in [5, 5.41) is 3.65. The lowest BCUT2D eigenvalue weighted by molar-refractivity contribution is 0.0297. The Hall–Kier alpha value is -0.770. The topological polar surface area (TPSA) is 41.6 Å². The maximum absolute atomic E-state index is 11.8. The van der Waals surface area contributed by atoms with E-state index >= 15 is 0 Å². The van der Waals surface area contributed by atoms with Crippen LogP contribution >= 0.6 is 0 Å². The maximum atomic E-state index is 11.8. The predicted octanol–water partition coefficient (Wildman–Crippen LogP) is 3.41. The van der Waals surface area contributed by atoms with E-state index in [1.807, 2.05) is 20.8 Å². The minimum absolute atomic E-state index is 0.232. The molecule has 0 spiro atoms. The molecule has 0 aromatic carbocycles. The monoisotopic (exact) mass is 284 g/mol. The van der Waals surface area contributed by atoms with Gasteiger partial charge in [0.2, 0.25) is 0 Å². The largest absolute Gasteiger partial charge is 0.444 e. The van der Waals surface area contributed by atoms with Crippen LogP contribution in [0.25, 0.3) is 0 Å². The third-order valence-electron chi connectivity index (χ3n) is 3.97. The molecule has 0 aromatic heterocycles. The van der Waals surface area contributed by atoms with Gasteiger partial charge in [-0.15, -0.1) is 0 Å². The van der Waals surface area contributed by atoms with Crippen LogP contribution in [-0.2, 0) is 4.74 Å². The fraction of sp³-hybridized carbons (Fsp3) is 0.938. The van der Waals surface area contributed by atoms with Gasteiger partial charge in [-0.2, -0.15) is 0 Å². The van der Waals surface area contributed by atoms with Gasteiger partial charge in [0.1, 0.15) is 5.60 Å². The highest BCUT2D eigenvalue weighted by Crippen LogP contribution is 2.27. The van der Waals surface area contributed by atoms with Gasteiger partial charge in [-0.1, -0.05) is 19.8 Å². The third kappa shape index (κ3) is 6.12. The molecule has 0 aliphatic heterocycles. The molecule has 1 N–H and O–H groups in total. The van der Waals surface area contributed by atoms with Gasteiger partial charge < -0.3 is 15.0 Å². The van der Waals surface area contributed by atoms with Crippen molar-refractivity contribution in [3.8, 4) is 0 Å². The lowest BCUT2D eigenvalue weighted by Crippen LogP contribution is -2.37. The Bertz CT molecular complexity index is 299. The number of rotatable bonds is 6. The summed E-state index contributed by atoms with van der Waals surface area (Å²) < 4.78 is 5.33. The van der Waals surface area contributed by atoms with Gasteiger partial charge >= 0.3 is 6.09 Å². The Morgan fingerprint density at radius 2 is 2.05 bits per heavy atom. The second-order valence-corrected chi connectivity index (χ2v) is 6.92. The van der Waals surface area contributed by atoms with E-state index in [2.05, 4.69) is 12.2 Å². The first kappa shape index (κ1) is 17.3. The molecule has 2 atom stereocenters. The Kier molecular flexibility index (Phi) is 6.80. The number of nitrogens with zero attached hydrogens (tertiary/aromatic N) is 1. The number of hydrogen-bond acceptors (Lipinski definition) is 3. The molecule has 1 aliphatic carbocycles. The average Bonchev–Trinajstić information content (AvgIpc) is 2.79. The van der Waals surface area contributed by atoms with E-state index in [1.54, 1.807) is 11.9 Å². The van der Waals surface area contributed by atoms with Crippen molar-refractivity contribution in [1.82, 2.24) is 10.2 Å². The highest BCUT2D eigenvalue weighted by molar-refractivity contribution is 5.67. The van der Waals surface area contributed by atoms with Crippen molar-refractivity contribution in [2.24, 2.45) is 5.92 Å². The van der Waals surface area contributed by atoms with Crippen LogP contribution in [0.4, 0.5) is 4.79 Å².